The van der Waals surface area contributed by atoms with E-state index in [1.54, 1.807) is 0 Å². The number of alkyl halides is 6. The fourth-order valence-corrected chi connectivity index (χ4v) is 3.31. The van der Waals surface area contributed by atoms with Crippen LogP contribution in [0.4, 0.5) is 26.3 Å². The third kappa shape index (κ3) is 3.99. The number of benzene rings is 1. The molecule has 12 heteroatoms. The van der Waals surface area contributed by atoms with Crippen molar-refractivity contribution in [3.05, 3.63) is 64.5 Å². The summed E-state index contributed by atoms with van der Waals surface area (Å²) in [5.74, 6) is -0.708. The molecular weight excluding hydrogens is 446 g/mol. The van der Waals surface area contributed by atoms with E-state index in [0.29, 0.717) is 12.1 Å². The van der Waals surface area contributed by atoms with Crippen LogP contribution in [0.2, 0.25) is 0 Å². The number of hydrogen-bond acceptors (Lipinski definition) is 6. The third-order valence-corrected chi connectivity index (χ3v) is 4.68. The summed E-state index contributed by atoms with van der Waals surface area (Å²) in [6.07, 6.45) is -10.4. The van der Waals surface area contributed by atoms with Gasteiger partial charge in [0.15, 0.2) is 5.76 Å². The van der Waals surface area contributed by atoms with E-state index in [2.05, 4.69) is 9.97 Å². The van der Waals surface area contributed by atoms with E-state index in [-0.39, 0.29) is 40.4 Å². The highest BCUT2D eigenvalue weighted by atomic mass is 19.4. The van der Waals surface area contributed by atoms with Crippen LogP contribution in [0.1, 0.15) is 38.8 Å². The predicted octanol–water partition coefficient (Wildman–Crippen LogP) is 5.24. The molecule has 168 valence electrons. The summed E-state index contributed by atoms with van der Waals surface area (Å²) in [7, 11) is 1.25. The first kappa shape index (κ1) is 21.7. The molecule has 1 aliphatic heterocycles. The molecule has 0 spiro atoms. The van der Waals surface area contributed by atoms with Crippen LogP contribution < -0.4 is 4.74 Å². The largest absolute Gasteiger partial charge is 0.467 e. The molecule has 1 aliphatic rings. The molecule has 1 aromatic carbocycles. The normalized spacial score (nSPS) is 16.1. The van der Waals surface area contributed by atoms with Crippen LogP contribution in [0.5, 0.6) is 6.01 Å². The van der Waals surface area contributed by atoms with Gasteiger partial charge < -0.3 is 13.9 Å². The molecule has 2 aromatic heterocycles. The van der Waals surface area contributed by atoms with Crippen molar-refractivity contribution in [3.63, 3.8) is 0 Å². The quantitative estimate of drug-likeness (QED) is 0.394. The number of furan rings is 1. The number of cyclic esters (lactones) is 1. The van der Waals surface area contributed by atoms with Gasteiger partial charge in [-0.05, 0) is 35.9 Å². The zero-order chi connectivity index (χ0) is 23.3. The summed E-state index contributed by atoms with van der Waals surface area (Å²) in [6, 6.07) is 4.04. The van der Waals surface area contributed by atoms with Crippen LogP contribution in [-0.2, 0) is 23.5 Å². The molecule has 6 nitrogen and oxygen atoms in total. The topological polar surface area (TPSA) is 74.5 Å². The van der Waals surface area contributed by atoms with Gasteiger partial charge in [0.1, 0.15) is 23.1 Å². The molecule has 0 saturated carbocycles. The molecular formula is C20H12F6N2O4. The average molecular weight is 458 g/mol. The van der Waals surface area contributed by atoms with Gasteiger partial charge in [-0.1, -0.05) is 0 Å². The molecule has 4 rings (SSSR count). The van der Waals surface area contributed by atoms with Crippen molar-refractivity contribution in [1.82, 2.24) is 9.97 Å². The van der Waals surface area contributed by atoms with Crippen molar-refractivity contribution in [1.29, 1.82) is 0 Å². The van der Waals surface area contributed by atoms with Crippen molar-refractivity contribution in [2.75, 3.05) is 7.11 Å². The van der Waals surface area contributed by atoms with Crippen molar-refractivity contribution >= 4 is 5.97 Å². The maximum atomic E-state index is 13.2. The highest BCUT2D eigenvalue weighted by Crippen LogP contribution is 2.40. The lowest BCUT2D eigenvalue weighted by molar-refractivity contribution is -0.143. The zero-order valence-corrected chi connectivity index (χ0v) is 16.0. The summed E-state index contributed by atoms with van der Waals surface area (Å²) in [5.41, 5.74) is -3.38. The summed E-state index contributed by atoms with van der Waals surface area (Å²) in [6.45, 7) is 0. The minimum absolute atomic E-state index is 0.0261. The Balaban J connectivity index is 1.79. The van der Waals surface area contributed by atoms with Gasteiger partial charge in [0, 0.05) is 6.42 Å². The SMILES string of the molecule is COc1nc(-c2ccco2)c2c(n1)C(Cc1cc(C(F)(F)F)cc(C(F)(F)F)c1)OC2=O. The first-order valence-corrected chi connectivity index (χ1v) is 8.96. The van der Waals surface area contributed by atoms with Crippen LogP contribution >= 0.6 is 0 Å². The van der Waals surface area contributed by atoms with Crippen LogP contribution in [-0.4, -0.2) is 23.0 Å². The Morgan fingerprint density at radius 2 is 1.69 bits per heavy atom. The van der Waals surface area contributed by atoms with Crippen LogP contribution in [0.15, 0.2) is 41.0 Å². The van der Waals surface area contributed by atoms with E-state index in [4.69, 9.17) is 13.9 Å². The highest BCUT2D eigenvalue weighted by Gasteiger charge is 2.40. The van der Waals surface area contributed by atoms with Crippen molar-refractivity contribution in [2.24, 2.45) is 0 Å². The number of rotatable bonds is 4. The number of carbonyl (C=O) groups excluding carboxylic acids is 1. The lowest BCUT2D eigenvalue weighted by Crippen LogP contribution is -2.13. The number of esters is 1. The summed E-state index contributed by atoms with van der Waals surface area (Å²) < 4.78 is 94.4. The van der Waals surface area contributed by atoms with Crippen molar-refractivity contribution < 1.29 is 45.0 Å². The minimum atomic E-state index is -5.00. The molecule has 32 heavy (non-hydrogen) atoms. The molecule has 3 aromatic rings. The van der Waals surface area contributed by atoms with E-state index < -0.39 is 42.0 Å². The van der Waals surface area contributed by atoms with Crippen LogP contribution in [0.3, 0.4) is 0 Å². The van der Waals surface area contributed by atoms with Gasteiger partial charge in [-0.3, -0.25) is 0 Å². The maximum absolute atomic E-state index is 13.2. The number of ether oxygens (including phenoxy) is 2. The van der Waals surface area contributed by atoms with Gasteiger partial charge in [-0.2, -0.15) is 36.3 Å². The molecule has 0 amide bonds. The molecule has 0 bridgehead atoms. The standard InChI is InChI=1S/C20H12F6N2O4/c1-30-18-27-15(12-3-2-4-31-12)14-16(28-18)13(32-17(14)29)7-9-5-10(19(21,22)23)8-11(6-9)20(24,25)26/h2-6,8,13H,7H2,1H3. The van der Waals surface area contributed by atoms with Gasteiger partial charge in [0.25, 0.3) is 0 Å². The van der Waals surface area contributed by atoms with E-state index in [9.17, 15) is 31.1 Å². The van der Waals surface area contributed by atoms with Gasteiger partial charge in [-0.15, -0.1) is 0 Å². The van der Waals surface area contributed by atoms with E-state index >= 15 is 0 Å². The van der Waals surface area contributed by atoms with Crippen molar-refractivity contribution in [2.45, 2.75) is 24.9 Å². The Morgan fingerprint density at radius 1 is 1.03 bits per heavy atom. The number of halogens is 6. The average Bonchev–Trinajstić information content (AvgIpc) is 3.35. The first-order valence-electron chi connectivity index (χ1n) is 8.96. The van der Waals surface area contributed by atoms with Crippen LogP contribution in [0.25, 0.3) is 11.5 Å². The van der Waals surface area contributed by atoms with E-state index in [1.807, 2.05) is 0 Å². The van der Waals surface area contributed by atoms with Gasteiger partial charge in [0.05, 0.1) is 24.5 Å². The van der Waals surface area contributed by atoms with E-state index in [1.165, 1.54) is 25.5 Å². The van der Waals surface area contributed by atoms with Gasteiger partial charge >= 0.3 is 24.3 Å². The molecule has 3 heterocycles. The molecule has 0 aliphatic carbocycles. The number of aromatic nitrogens is 2. The molecule has 0 fully saturated rings. The second-order valence-electron chi connectivity index (χ2n) is 6.81. The first-order chi connectivity index (χ1) is 15.0. The lowest BCUT2D eigenvalue weighted by atomic mass is 9.98. The second-order valence-corrected chi connectivity index (χ2v) is 6.81. The molecule has 0 radical (unpaired) electrons. The summed E-state index contributed by atoms with van der Waals surface area (Å²) in [5, 5.41) is 0. The lowest BCUT2D eigenvalue weighted by Gasteiger charge is -2.16. The summed E-state index contributed by atoms with van der Waals surface area (Å²) >= 11 is 0. The fraction of sp³-hybridized carbons (Fsp3) is 0.250. The predicted molar refractivity (Wildman–Crippen MR) is 94.6 cm³/mol. The van der Waals surface area contributed by atoms with Crippen LogP contribution in [0, 0.1) is 0 Å². The number of methoxy groups -OCH3 is 1. The van der Waals surface area contributed by atoms with Gasteiger partial charge in [-0.25, -0.2) is 4.79 Å². The number of hydrogen-bond donors (Lipinski definition) is 0. The molecule has 1 atom stereocenters. The zero-order valence-electron chi connectivity index (χ0n) is 16.0. The number of fused-ring (bicyclic) bond motifs is 1. The smallest absolute Gasteiger partial charge is 0.416 e. The Morgan fingerprint density at radius 3 is 2.22 bits per heavy atom. The Kier molecular flexibility index (Phi) is 5.10. The van der Waals surface area contributed by atoms with E-state index in [0.717, 1.165) is 0 Å². The third-order valence-electron chi connectivity index (χ3n) is 4.68. The second kappa shape index (κ2) is 7.53. The Hall–Kier alpha value is -3.57. The molecule has 1 unspecified atom stereocenters. The minimum Gasteiger partial charge on any atom is -0.467 e. The monoisotopic (exact) mass is 458 g/mol. The summed E-state index contributed by atoms with van der Waals surface area (Å²) in [4.78, 5) is 20.6. The Labute approximate surface area is 175 Å². The maximum Gasteiger partial charge on any atom is 0.416 e. The van der Waals surface area contributed by atoms with Gasteiger partial charge in [0.2, 0.25) is 0 Å². The fourth-order valence-electron chi connectivity index (χ4n) is 3.31. The number of carbonyl (C=O) groups is 1. The molecule has 0 N–H and O–H groups in total. The Bertz CT molecular complexity index is 1140. The number of nitrogens with zero attached hydrogens (tertiary/aromatic N) is 2. The molecule has 0 saturated heterocycles. The highest BCUT2D eigenvalue weighted by molar-refractivity contribution is 5.99. The van der Waals surface area contributed by atoms with Crippen molar-refractivity contribution in [3.8, 4) is 17.5 Å².